The van der Waals surface area contributed by atoms with E-state index in [0.717, 1.165) is 30.0 Å². The molecule has 1 rings (SSSR count). The van der Waals surface area contributed by atoms with Crippen LogP contribution in [-0.4, -0.2) is 55.8 Å². The maximum atomic E-state index is 12.6. The zero-order valence-corrected chi connectivity index (χ0v) is 12.9. The highest BCUT2D eigenvalue weighted by Gasteiger charge is 2.31. The van der Waals surface area contributed by atoms with Gasteiger partial charge in [0.25, 0.3) is 10.2 Å². The summed E-state index contributed by atoms with van der Waals surface area (Å²) in [5.74, 6) is -0.534. The maximum absolute atomic E-state index is 12.6. The molecule has 0 N–H and O–H groups in total. The lowest BCUT2D eigenvalue weighted by molar-refractivity contribution is -0.143. The van der Waals surface area contributed by atoms with Crippen molar-refractivity contribution in [3.63, 3.8) is 0 Å². The lowest BCUT2D eigenvalue weighted by Gasteiger charge is -2.27. The predicted octanol–water partition coefficient (Wildman–Crippen LogP) is 1.16. The van der Waals surface area contributed by atoms with E-state index in [4.69, 9.17) is 4.74 Å². The number of hydrogen-bond acceptors (Lipinski definition) is 4. The molecule has 1 aliphatic rings. The molecule has 1 heterocycles. The minimum atomic E-state index is -3.63. The minimum absolute atomic E-state index is 0.109. The largest absolute Gasteiger partial charge is 0.465 e. The second-order valence-corrected chi connectivity index (χ2v) is 6.64. The molecule has 0 atom stereocenters. The van der Waals surface area contributed by atoms with Crippen molar-refractivity contribution >= 4 is 16.2 Å². The van der Waals surface area contributed by atoms with E-state index in [1.165, 1.54) is 10.4 Å². The molecule has 0 bridgehead atoms. The molecule has 0 radical (unpaired) electrons. The second kappa shape index (κ2) is 8.39. The van der Waals surface area contributed by atoms with Crippen LogP contribution in [0, 0.1) is 0 Å². The molecule has 6 nitrogen and oxygen atoms in total. The van der Waals surface area contributed by atoms with Gasteiger partial charge in [0.2, 0.25) is 0 Å². The number of hydrogen-bond donors (Lipinski definition) is 0. The summed E-state index contributed by atoms with van der Waals surface area (Å²) in [6.07, 6.45) is 5.30. The average Bonchev–Trinajstić information content (AvgIpc) is 2.67. The Morgan fingerprint density at radius 1 is 1.30 bits per heavy atom. The topological polar surface area (TPSA) is 66.9 Å². The third-order valence-electron chi connectivity index (χ3n) is 3.16. The highest BCUT2D eigenvalue weighted by Crippen LogP contribution is 2.16. The lowest BCUT2D eigenvalue weighted by Crippen LogP contribution is -2.46. The third-order valence-corrected chi connectivity index (χ3v) is 5.11. The van der Waals surface area contributed by atoms with Gasteiger partial charge in [0.1, 0.15) is 6.54 Å². The summed E-state index contributed by atoms with van der Waals surface area (Å²) in [6, 6.07) is 0. The van der Waals surface area contributed by atoms with Gasteiger partial charge in [-0.1, -0.05) is 18.9 Å². The number of ether oxygens (including phenoxy) is 1. The first-order chi connectivity index (χ1) is 9.52. The molecule has 20 heavy (non-hydrogen) atoms. The quantitative estimate of drug-likeness (QED) is 0.523. The van der Waals surface area contributed by atoms with Crippen LogP contribution in [-0.2, 0) is 19.7 Å². The van der Waals surface area contributed by atoms with Crippen LogP contribution < -0.4 is 0 Å². The van der Waals surface area contributed by atoms with Crippen molar-refractivity contribution in [3.8, 4) is 0 Å². The Balaban J connectivity index is 2.80. The van der Waals surface area contributed by atoms with E-state index in [-0.39, 0.29) is 19.7 Å². The molecule has 1 aliphatic heterocycles. The van der Waals surface area contributed by atoms with Crippen molar-refractivity contribution in [2.24, 2.45) is 0 Å². The van der Waals surface area contributed by atoms with E-state index >= 15 is 0 Å². The van der Waals surface area contributed by atoms with Gasteiger partial charge in [-0.25, -0.2) is 0 Å². The number of carbonyl (C=O) groups excluding carboxylic acids is 1. The van der Waals surface area contributed by atoms with Crippen LogP contribution in [0.4, 0.5) is 0 Å². The van der Waals surface area contributed by atoms with E-state index < -0.39 is 16.2 Å². The van der Waals surface area contributed by atoms with Crippen molar-refractivity contribution in [1.82, 2.24) is 8.61 Å². The Labute approximate surface area is 121 Å². The highest BCUT2D eigenvalue weighted by molar-refractivity contribution is 7.86. The van der Waals surface area contributed by atoms with Crippen molar-refractivity contribution in [2.75, 3.05) is 32.8 Å². The number of rotatable bonds is 7. The van der Waals surface area contributed by atoms with E-state index in [2.05, 4.69) is 6.58 Å². The first kappa shape index (κ1) is 17.1. The van der Waals surface area contributed by atoms with E-state index in [0.29, 0.717) is 13.1 Å². The number of nitrogens with zero attached hydrogens (tertiary/aromatic N) is 2. The van der Waals surface area contributed by atoms with Gasteiger partial charge in [-0.15, -0.1) is 6.58 Å². The molecule has 0 spiro atoms. The van der Waals surface area contributed by atoms with Crippen LogP contribution in [0.3, 0.4) is 0 Å². The first-order valence-corrected chi connectivity index (χ1v) is 8.43. The summed E-state index contributed by atoms with van der Waals surface area (Å²) >= 11 is 0. The van der Waals surface area contributed by atoms with E-state index in [1.807, 2.05) is 0 Å². The number of esters is 1. The molecule has 0 amide bonds. The molecule has 0 aromatic heterocycles. The van der Waals surface area contributed by atoms with Crippen molar-refractivity contribution in [1.29, 1.82) is 0 Å². The molecule has 7 heteroatoms. The van der Waals surface area contributed by atoms with Gasteiger partial charge >= 0.3 is 5.97 Å². The fraction of sp³-hybridized carbons (Fsp3) is 0.769. The summed E-state index contributed by atoms with van der Waals surface area (Å²) in [5, 5.41) is 0. The minimum Gasteiger partial charge on any atom is -0.465 e. The van der Waals surface area contributed by atoms with E-state index in [1.54, 1.807) is 6.92 Å². The normalized spacial score (nSPS) is 17.7. The summed E-state index contributed by atoms with van der Waals surface area (Å²) < 4.78 is 32.5. The Hall–Kier alpha value is -0.920. The van der Waals surface area contributed by atoms with Crippen molar-refractivity contribution in [2.45, 2.75) is 32.6 Å². The van der Waals surface area contributed by atoms with Gasteiger partial charge in [0.15, 0.2) is 0 Å². The SMILES string of the molecule is C=CCN(CC(=O)OCC)S(=O)(=O)N1CCCCCC1. The zero-order valence-electron chi connectivity index (χ0n) is 12.1. The molecule has 0 aromatic carbocycles. The Kier molecular flexibility index (Phi) is 7.18. The molecule has 0 aliphatic carbocycles. The molecule has 1 saturated heterocycles. The Bertz CT molecular complexity index is 414. The Morgan fingerprint density at radius 3 is 2.40 bits per heavy atom. The first-order valence-electron chi connectivity index (χ1n) is 7.04. The smallest absolute Gasteiger partial charge is 0.321 e. The van der Waals surface area contributed by atoms with Gasteiger partial charge in [0, 0.05) is 19.6 Å². The van der Waals surface area contributed by atoms with Gasteiger partial charge in [-0.3, -0.25) is 4.79 Å². The van der Waals surface area contributed by atoms with Gasteiger partial charge < -0.3 is 4.74 Å². The van der Waals surface area contributed by atoms with Crippen molar-refractivity contribution < 1.29 is 17.9 Å². The molecular weight excluding hydrogens is 280 g/mol. The fourth-order valence-corrected chi connectivity index (χ4v) is 3.78. The average molecular weight is 304 g/mol. The summed E-state index contributed by atoms with van der Waals surface area (Å²) in [5.41, 5.74) is 0. The number of carbonyl (C=O) groups is 1. The van der Waals surface area contributed by atoms with Crippen LogP contribution in [0.15, 0.2) is 12.7 Å². The molecular formula is C13H24N2O4S. The highest BCUT2D eigenvalue weighted by atomic mass is 32.2. The van der Waals surface area contributed by atoms with Gasteiger partial charge in [-0.2, -0.15) is 17.0 Å². The second-order valence-electron chi connectivity index (χ2n) is 4.71. The zero-order chi connectivity index (χ0) is 15.0. The molecule has 0 saturated carbocycles. The molecule has 0 aromatic rings. The van der Waals surface area contributed by atoms with E-state index in [9.17, 15) is 13.2 Å². The summed E-state index contributed by atoms with van der Waals surface area (Å²) in [6.45, 7) is 6.36. The Morgan fingerprint density at radius 2 is 1.90 bits per heavy atom. The molecule has 0 unspecified atom stereocenters. The van der Waals surface area contributed by atoms with Crippen LogP contribution in [0.5, 0.6) is 0 Å². The van der Waals surface area contributed by atoms with Gasteiger partial charge in [0.05, 0.1) is 6.61 Å². The monoisotopic (exact) mass is 304 g/mol. The standard InChI is InChI=1S/C13H24N2O4S/c1-3-9-15(12-13(16)19-4-2)20(17,18)14-10-7-5-6-8-11-14/h3H,1,4-12H2,2H3. The predicted molar refractivity (Wildman–Crippen MR) is 77.4 cm³/mol. The maximum Gasteiger partial charge on any atom is 0.321 e. The van der Waals surface area contributed by atoms with Crippen molar-refractivity contribution in [3.05, 3.63) is 12.7 Å². The molecule has 116 valence electrons. The van der Waals surface area contributed by atoms with Crippen LogP contribution in [0.2, 0.25) is 0 Å². The summed E-state index contributed by atoms with van der Waals surface area (Å²) in [7, 11) is -3.63. The van der Waals surface area contributed by atoms with Crippen LogP contribution in [0.1, 0.15) is 32.6 Å². The molecule has 1 fully saturated rings. The third kappa shape index (κ3) is 4.88. The summed E-state index contributed by atoms with van der Waals surface area (Å²) in [4.78, 5) is 11.5. The lowest BCUT2D eigenvalue weighted by atomic mass is 10.2. The van der Waals surface area contributed by atoms with Crippen LogP contribution in [0.25, 0.3) is 0 Å². The fourth-order valence-electron chi connectivity index (χ4n) is 2.17. The van der Waals surface area contributed by atoms with Crippen LogP contribution >= 0.6 is 0 Å². The van der Waals surface area contributed by atoms with Gasteiger partial charge in [-0.05, 0) is 19.8 Å².